The van der Waals surface area contributed by atoms with Crippen molar-refractivity contribution in [1.82, 2.24) is 9.97 Å². The normalized spacial score (nSPS) is 16.6. The SMILES string of the molecule is CC1(C)c2c(sc3c2C(C)(C)c2c-3sc3cc(-c4ncc(/C=C5\C(=O)c6ccccc6C5=C(C#N)C#N)s4)sc23)-c2sc3cc(-c4ncc(/C=C5\C(=O)c6ccccc6C5=C(C#N)C#N)s4)sc3c21. The smallest absolute Gasteiger partial charge is 0.194 e. The van der Waals surface area contributed by atoms with Crippen LogP contribution >= 0.6 is 79.4 Å². The van der Waals surface area contributed by atoms with Crippen LogP contribution in [0, 0.1) is 45.3 Å². The van der Waals surface area contributed by atoms with Gasteiger partial charge in [0.25, 0.3) is 0 Å². The van der Waals surface area contributed by atoms with Crippen LogP contribution in [0.3, 0.4) is 0 Å². The summed E-state index contributed by atoms with van der Waals surface area (Å²) < 4.78 is 5.03. The molecule has 15 heteroatoms. The molecule has 0 fully saturated rings. The van der Waals surface area contributed by atoms with Crippen LogP contribution in [0.5, 0.6) is 0 Å². The Labute approximate surface area is 421 Å². The van der Waals surface area contributed by atoms with E-state index < -0.39 is 0 Å². The minimum Gasteiger partial charge on any atom is -0.289 e. The molecule has 0 aliphatic heterocycles. The van der Waals surface area contributed by atoms with Gasteiger partial charge in [0.15, 0.2) is 11.6 Å². The van der Waals surface area contributed by atoms with Crippen molar-refractivity contribution in [2.45, 2.75) is 38.5 Å². The number of nitriles is 4. The minimum absolute atomic E-state index is 0.0849. The number of allylic oxidation sites excluding steroid dienone is 6. The number of ketones is 2. The van der Waals surface area contributed by atoms with Crippen molar-refractivity contribution in [1.29, 1.82) is 21.0 Å². The van der Waals surface area contributed by atoms with E-state index in [4.69, 9.17) is 9.97 Å². The number of aromatic nitrogens is 2. The molecule has 0 amide bonds. The van der Waals surface area contributed by atoms with E-state index in [9.17, 15) is 30.6 Å². The Morgan fingerprint density at radius 3 is 1.28 bits per heavy atom. The molecule has 0 saturated heterocycles. The molecular formula is C54H26N6O2S7. The van der Waals surface area contributed by atoms with Crippen molar-refractivity contribution < 1.29 is 9.59 Å². The Morgan fingerprint density at radius 2 is 0.884 bits per heavy atom. The minimum atomic E-state index is -0.247. The zero-order valence-corrected chi connectivity index (χ0v) is 42.2. The predicted octanol–water partition coefficient (Wildman–Crippen LogP) is 15.3. The molecule has 4 aliphatic carbocycles. The van der Waals surface area contributed by atoms with Crippen LogP contribution in [-0.2, 0) is 10.8 Å². The van der Waals surface area contributed by atoms with Crippen LogP contribution in [-0.4, -0.2) is 21.5 Å². The van der Waals surface area contributed by atoms with E-state index in [2.05, 4.69) is 39.8 Å². The molecule has 0 bridgehead atoms. The van der Waals surface area contributed by atoms with Gasteiger partial charge in [0, 0.05) is 85.6 Å². The van der Waals surface area contributed by atoms with Crippen molar-refractivity contribution in [2.24, 2.45) is 0 Å². The van der Waals surface area contributed by atoms with Crippen LogP contribution < -0.4 is 0 Å². The Kier molecular flexibility index (Phi) is 9.00. The highest BCUT2D eigenvalue weighted by molar-refractivity contribution is 7.36. The van der Waals surface area contributed by atoms with E-state index >= 15 is 0 Å². The van der Waals surface area contributed by atoms with Crippen molar-refractivity contribution in [3.05, 3.63) is 150 Å². The van der Waals surface area contributed by atoms with Crippen molar-refractivity contribution >= 4 is 133 Å². The number of thiazole rings is 2. The highest BCUT2D eigenvalue weighted by atomic mass is 32.1. The number of thiophene rings is 5. The zero-order chi connectivity index (χ0) is 47.4. The standard InChI is InChI=1S/C54H26N6O2S7/c1-53(2)39-40-48(50-42(54(40,3)4)46-34(66-50)16-36(68-46)52-60-22-26(64-52)14-32-38(24(19-57)20-58)28-10-6-8-12-30(28)44(32)62)69-47(39)49-41(53)45-33(65-49)15-35(67-45)51-59-21-25(63-51)13-31-37(23(17-55)18-56)27-9-5-7-11-29(27)43(31)61/h5-16,21-22H,1-4H3/b31-13-,32-14-. The average Bonchev–Trinajstić information content (AvgIpc) is 4.20. The lowest BCUT2D eigenvalue weighted by Crippen LogP contribution is -2.23. The van der Waals surface area contributed by atoms with E-state index in [1.54, 1.807) is 83.6 Å². The first-order valence-electron chi connectivity index (χ1n) is 21.4. The number of nitrogens with zero attached hydrogens (tertiary/aromatic N) is 6. The van der Waals surface area contributed by atoms with Crippen LogP contribution in [0.25, 0.3) is 81.4 Å². The van der Waals surface area contributed by atoms with Gasteiger partial charge in [-0.15, -0.1) is 79.4 Å². The Morgan fingerprint density at radius 1 is 0.507 bits per heavy atom. The van der Waals surface area contributed by atoms with Crippen LogP contribution in [0.4, 0.5) is 0 Å². The molecule has 0 atom stereocenters. The van der Waals surface area contributed by atoms with Gasteiger partial charge >= 0.3 is 0 Å². The van der Waals surface area contributed by atoms with Gasteiger partial charge in [0.05, 0.1) is 28.9 Å². The molecule has 0 spiro atoms. The van der Waals surface area contributed by atoms with Gasteiger partial charge in [-0.2, -0.15) is 21.0 Å². The summed E-state index contributed by atoms with van der Waals surface area (Å²) >= 11 is 12.2. The molecule has 0 saturated carbocycles. The fourth-order valence-corrected chi connectivity index (χ4v) is 20.2. The van der Waals surface area contributed by atoms with Gasteiger partial charge in [-0.1, -0.05) is 76.2 Å². The molecule has 13 rings (SSSR count). The predicted molar refractivity (Wildman–Crippen MR) is 282 cm³/mol. The molecule has 2 aromatic carbocycles. The van der Waals surface area contributed by atoms with E-state index in [0.29, 0.717) is 44.5 Å². The van der Waals surface area contributed by atoms with E-state index in [0.717, 1.165) is 29.5 Å². The zero-order valence-electron chi connectivity index (χ0n) is 36.4. The summed E-state index contributed by atoms with van der Waals surface area (Å²) in [5, 5.41) is 40.9. The van der Waals surface area contributed by atoms with E-state index in [1.165, 1.54) is 83.2 Å². The van der Waals surface area contributed by atoms with Crippen LogP contribution in [0.1, 0.15) is 91.5 Å². The molecule has 0 radical (unpaired) electrons. The maximum absolute atomic E-state index is 13.6. The molecular weight excluding hydrogens is 989 g/mol. The third-order valence-electron chi connectivity index (χ3n) is 13.4. The molecule has 9 aromatic rings. The molecule has 326 valence electrons. The van der Waals surface area contributed by atoms with E-state index in [-0.39, 0.29) is 33.5 Å². The van der Waals surface area contributed by atoms with Crippen molar-refractivity contribution in [3.63, 3.8) is 0 Å². The first kappa shape index (κ1) is 42.1. The van der Waals surface area contributed by atoms with Gasteiger partial charge in [0.2, 0.25) is 0 Å². The fraction of sp³-hybridized carbons (Fsp3) is 0.111. The number of benzene rings is 2. The quantitative estimate of drug-likeness (QED) is 0.125. The average molecular weight is 1020 g/mol. The molecule has 4 aliphatic rings. The number of Topliss-reactive ketones (excluding diaryl/α,β-unsaturated/α-hetero) is 2. The number of hydrogen-bond donors (Lipinski definition) is 0. The maximum Gasteiger partial charge on any atom is 0.194 e. The maximum atomic E-state index is 13.6. The van der Waals surface area contributed by atoms with E-state index in [1.807, 2.05) is 70.4 Å². The molecule has 7 aromatic heterocycles. The molecule has 7 heterocycles. The molecule has 8 nitrogen and oxygen atoms in total. The monoisotopic (exact) mass is 1010 g/mol. The summed E-state index contributed by atoms with van der Waals surface area (Å²) in [6, 6.07) is 26.7. The fourth-order valence-electron chi connectivity index (χ4n) is 10.5. The third kappa shape index (κ3) is 5.70. The second-order valence-electron chi connectivity index (χ2n) is 17.9. The van der Waals surface area contributed by atoms with Crippen molar-refractivity contribution in [3.8, 4) is 63.6 Å². The first-order chi connectivity index (χ1) is 33.4. The molecule has 69 heavy (non-hydrogen) atoms. The number of fused-ring (bicyclic) bond motifs is 13. The highest BCUT2D eigenvalue weighted by Gasteiger charge is 2.51. The topological polar surface area (TPSA) is 155 Å². The first-order valence-corrected chi connectivity index (χ1v) is 27.1. The second-order valence-corrected chi connectivity index (χ2v) is 25.3. The number of carbonyl (C=O) groups is 2. The van der Waals surface area contributed by atoms with Gasteiger partial charge < -0.3 is 0 Å². The lowest BCUT2D eigenvalue weighted by molar-refractivity contribution is 0.103. The van der Waals surface area contributed by atoms with Gasteiger partial charge in [-0.25, -0.2) is 9.97 Å². The summed E-state index contributed by atoms with van der Waals surface area (Å²) in [4.78, 5) is 45.9. The second kappa shape index (κ2) is 14.7. The van der Waals surface area contributed by atoms with Crippen molar-refractivity contribution in [2.75, 3.05) is 0 Å². The summed E-state index contributed by atoms with van der Waals surface area (Å²) in [6.07, 6.45) is 7.06. The lowest BCUT2D eigenvalue weighted by Gasteiger charge is -2.28. The lowest BCUT2D eigenvalue weighted by atomic mass is 9.74. The van der Waals surface area contributed by atoms with Gasteiger partial charge in [-0.3, -0.25) is 9.59 Å². The van der Waals surface area contributed by atoms with Crippen LogP contribution in [0.2, 0.25) is 0 Å². The Hall–Kier alpha value is -7.02. The summed E-state index contributed by atoms with van der Waals surface area (Å²) in [6.45, 7) is 9.49. The van der Waals surface area contributed by atoms with Gasteiger partial charge in [-0.05, 0) is 57.7 Å². The molecule has 0 N–H and O–H groups in total. The number of hydrogen-bond acceptors (Lipinski definition) is 15. The van der Waals surface area contributed by atoms with Gasteiger partial charge in [0.1, 0.15) is 45.4 Å². The van der Waals surface area contributed by atoms with Crippen LogP contribution in [0.15, 0.2) is 95.3 Å². The Balaban J connectivity index is 0.818. The number of rotatable bonds is 4. The molecule has 0 unspecified atom stereocenters. The third-order valence-corrected chi connectivity index (χ3v) is 22.0. The summed E-state index contributed by atoms with van der Waals surface area (Å²) in [5.41, 5.74) is 8.53. The largest absolute Gasteiger partial charge is 0.289 e. The summed E-state index contributed by atoms with van der Waals surface area (Å²) in [5.74, 6) is -0.410. The Bertz CT molecular complexity index is 3940. The highest BCUT2D eigenvalue weighted by Crippen LogP contribution is 2.69. The summed E-state index contributed by atoms with van der Waals surface area (Å²) in [7, 11) is 0. The number of carbonyl (C=O) groups excluding carboxylic acids is 2.